The summed E-state index contributed by atoms with van der Waals surface area (Å²) >= 11 is 0. The van der Waals surface area contributed by atoms with Crippen LogP contribution in [0.3, 0.4) is 0 Å². The summed E-state index contributed by atoms with van der Waals surface area (Å²) in [5.74, 6) is 2.45. The van der Waals surface area contributed by atoms with Crippen molar-refractivity contribution >= 4 is 17.4 Å². The monoisotopic (exact) mass is 673 g/mol. The molecule has 7 nitrogen and oxygen atoms in total. The molecular formula is C43H51N3O4. The Bertz CT molecular complexity index is 1780. The van der Waals surface area contributed by atoms with Gasteiger partial charge in [0.05, 0.1) is 17.3 Å². The number of amides is 1. The number of rotatable bonds is 10. The number of nitrogens with zero attached hydrogens (tertiary/aromatic N) is 1. The van der Waals surface area contributed by atoms with Gasteiger partial charge in [0.25, 0.3) is 5.91 Å². The Labute approximate surface area is 297 Å². The van der Waals surface area contributed by atoms with Crippen LogP contribution in [0.25, 0.3) is 0 Å². The molecule has 0 radical (unpaired) electrons. The molecule has 7 heteroatoms. The summed E-state index contributed by atoms with van der Waals surface area (Å²) < 4.78 is 12.5. The minimum absolute atomic E-state index is 0.0694. The molecule has 1 aliphatic carbocycles. The topological polar surface area (TPSA) is 79.9 Å². The highest BCUT2D eigenvalue weighted by Gasteiger charge is 2.36. The van der Waals surface area contributed by atoms with Gasteiger partial charge < -0.3 is 19.8 Å². The zero-order chi connectivity index (χ0) is 35.7. The van der Waals surface area contributed by atoms with Crippen LogP contribution in [0.15, 0.2) is 97.1 Å². The van der Waals surface area contributed by atoms with Crippen LogP contribution in [0.2, 0.25) is 0 Å². The Kier molecular flexibility index (Phi) is 9.82. The van der Waals surface area contributed by atoms with E-state index in [-0.39, 0.29) is 34.8 Å². The molecule has 50 heavy (non-hydrogen) atoms. The average molecular weight is 674 g/mol. The molecule has 1 aliphatic heterocycles. The lowest BCUT2D eigenvalue weighted by Gasteiger charge is -2.50. The summed E-state index contributed by atoms with van der Waals surface area (Å²) in [5.41, 5.74) is 7.57. The number of ether oxygens (including phenoxy) is 2. The van der Waals surface area contributed by atoms with Gasteiger partial charge >= 0.3 is 0 Å². The maximum atomic E-state index is 12.9. The van der Waals surface area contributed by atoms with E-state index in [9.17, 15) is 9.59 Å². The minimum atomic E-state index is -0.453. The van der Waals surface area contributed by atoms with E-state index in [1.54, 1.807) is 24.3 Å². The first kappa shape index (κ1) is 35.2. The lowest BCUT2D eigenvalue weighted by Crippen LogP contribution is -2.69. The van der Waals surface area contributed by atoms with Crippen molar-refractivity contribution < 1.29 is 19.1 Å². The van der Waals surface area contributed by atoms with Gasteiger partial charge in [-0.2, -0.15) is 0 Å². The molecule has 6 rings (SSSR count). The first-order chi connectivity index (χ1) is 23.7. The Morgan fingerprint density at radius 1 is 0.700 bits per heavy atom. The molecule has 1 saturated carbocycles. The molecule has 0 atom stereocenters. The molecule has 1 amide bonds. The van der Waals surface area contributed by atoms with E-state index >= 15 is 0 Å². The molecule has 262 valence electrons. The molecule has 0 spiro atoms. The zero-order valence-corrected chi connectivity index (χ0v) is 30.5. The fourth-order valence-corrected chi connectivity index (χ4v) is 6.76. The van der Waals surface area contributed by atoms with Crippen LogP contribution in [0, 0.1) is 5.41 Å². The van der Waals surface area contributed by atoms with Gasteiger partial charge in [-0.05, 0) is 111 Å². The van der Waals surface area contributed by atoms with Gasteiger partial charge in [-0.15, -0.1) is 0 Å². The molecule has 2 N–H and O–H groups in total. The van der Waals surface area contributed by atoms with Gasteiger partial charge in [0, 0.05) is 34.5 Å². The number of anilines is 1. The molecule has 1 heterocycles. The summed E-state index contributed by atoms with van der Waals surface area (Å²) in [5, 5.41) is 5.36. The maximum absolute atomic E-state index is 12.9. The number of hydrazine groups is 1. The van der Waals surface area contributed by atoms with Crippen LogP contribution in [-0.2, 0) is 5.41 Å². The normalized spacial score (nSPS) is 18.9. The van der Waals surface area contributed by atoms with Crippen LogP contribution in [0.1, 0.15) is 106 Å². The summed E-state index contributed by atoms with van der Waals surface area (Å²) in [6.07, 6.45) is 3.60. The molecule has 1 saturated heterocycles. The first-order valence-corrected chi connectivity index (χ1v) is 17.8. The second kappa shape index (κ2) is 13.9. The Balaban J connectivity index is 0.972. The molecular weight excluding hydrogens is 622 g/mol. The van der Waals surface area contributed by atoms with Gasteiger partial charge in [-0.1, -0.05) is 71.0 Å². The smallest absolute Gasteiger partial charge is 0.251 e. The summed E-state index contributed by atoms with van der Waals surface area (Å²) in [4.78, 5) is 25.4. The molecule has 4 aromatic carbocycles. The van der Waals surface area contributed by atoms with Crippen LogP contribution in [0.5, 0.6) is 17.2 Å². The Morgan fingerprint density at radius 3 is 1.68 bits per heavy atom. The number of ketones is 1. The number of benzene rings is 4. The number of carbonyl (C=O) groups excluding carboxylic acids is 2. The molecule has 4 aromatic rings. The highest BCUT2D eigenvalue weighted by atomic mass is 16.5. The minimum Gasteiger partial charge on any atom is -0.490 e. The quantitative estimate of drug-likeness (QED) is 0.163. The standard InChI is InChI=1S/C43H51N3O4/c1-41(2,3)39(47)29-8-10-30(11-9-29)40(48)45-33-16-24-37(25-17-33)49-35-20-12-31(13-21-35)43(6,7)32-14-22-36(23-15-32)50-38-26-18-34(19-27-38)46-42(4,5)28-44-46/h8-15,18-23,26-27,33,37,44H,16-17,24-25,28H2,1-7H3,(H,45,48). The molecule has 2 aliphatic rings. The second-order valence-electron chi connectivity index (χ2n) is 16.0. The van der Waals surface area contributed by atoms with Crippen LogP contribution >= 0.6 is 0 Å². The Hall–Kier alpha value is -4.62. The molecule has 0 bridgehead atoms. The predicted octanol–water partition coefficient (Wildman–Crippen LogP) is 9.26. The van der Waals surface area contributed by atoms with Crippen molar-refractivity contribution in [3.05, 3.63) is 119 Å². The van der Waals surface area contributed by atoms with Gasteiger partial charge in [0.15, 0.2) is 5.78 Å². The third-order valence-electron chi connectivity index (χ3n) is 10.2. The highest BCUT2D eigenvalue weighted by Crippen LogP contribution is 2.35. The van der Waals surface area contributed by atoms with E-state index in [4.69, 9.17) is 9.47 Å². The summed E-state index contributed by atoms with van der Waals surface area (Å²) in [7, 11) is 0. The van der Waals surface area contributed by atoms with Crippen molar-refractivity contribution in [1.29, 1.82) is 0 Å². The van der Waals surface area contributed by atoms with Crippen LogP contribution in [0.4, 0.5) is 5.69 Å². The van der Waals surface area contributed by atoms with Crippen molar-refractivity contribution in [3.8, 4) is 17.2 Å². The van der Waals surface area contributed by atoms with E-state index < -0.39 is 5.41 Å². The van der Waals surface area contributed by atoms with Gasteiger partial charge in [0.1, 0.15) is 17.2 Å². The third-order valence-corrected chi connectivity index (χ3v) is 10.2. The van der Waals surface area contributed by atoms with Crippen molar-refractivity contribution in [2.24, 2.45) is 5.41 Å². The maximum Gasteiger partial charge on any atom is 0.251 e. The highest BCUT2D eigenvalue weighted by molar-refractivity contribution is 6.01. The first-order valence-electron chi connectivity index (χ1n) is 17.8. The fraction of sp³-hybridized carbons (Fsp3) is 0.395. The van der Waals surface area contributed by atoms with E-state index in [0.717, 1.165) is 55.2 Å². The predicted molar refractivity (Wildman–Crippen MR) is 200 cm³/mol. The van der Waals surface area contributed by atoms with E-state index in [1.165, 1.54) is 11.1 Å². The fourth-order valence-electron chi connectivity index (χ4n) is 6.76. The largest absolute Gasteiger partial charge is 0.490 e. The zero-order valence-electron chi connectivity index (χ0n) is 30.5. The number of Topliss-reactive ketones (excluding diaryl/α,β-unsaturated/α-hetero) is 1. The molecule has 2 fully saturated rings. The van der Waals surface area contributed by atoms with E-state index in [1.807, 2.05) is 45.0 Å². The number of hydrogen-bond acceptors (Lipinski definition) is 6. The van der Waals surface area contributed by atoms with Gasteiger partial charge in [-0.25, -0.2) is 5.43 Å². The second-order valence-corrected chi connectivity index (χ2v) is 16.0. The lowest BCUT2D eigenvalue weighted by atomic mass is 9.78. The SMILES string of the molecule is CC(C)(C)C(=O)c1ccc(C(=O)NC2CCC(Oc3ccc(C(C)(C)c4ccc(Oc5ccc(N6NCC6(C)C)cc5)cc4)cc3)CC2)cc1. The number of nitrogens with one attached hydrogen (secondary N) is 2. The lowest BCUT2D eigenvalue weighted by molar-refractivity contribution is 0.0855. The molecule has 0 unspecified atom stereocenters. The average Bonchev–Trinajstić information content (AvgIpc) is 3.09. The van der Waals surface area contributed by atoms with E-state index in [0.29, 0.717) is 11.1 Å². The van der Waals surface area contributed by atoms with Crippen molar-refractivity contribution in [2.45, 2.75) is 97.2 Å². The third kappa shape index (κ3) is 7.89. The van der Waals surface area contributed by atoms with Crippen molar-refractivity contribution in [1.82, 2.24) is 10.7 Å². The van der Waals surface area contributed by atoms with Gasteiger partial charge in [0.2, 0.25) is 0 Å². The summed E-state index contributed by atoms with van der Waals surface area (Å²) in [6, 6.07) is 32.1. The van der Waals surface area contributed by atoms with Crippen molar-refractivity contribution in [3.63, 3.8) is 0 Å². The number of hydrogen-bond donors (Lipinski definition) is 2. The van der Waals surface area contributed by atoms with Crippen LogP contribution < -0.4 is 25.2 Å². The van der Waals surface area contributed by atoms with Gasteiger partial charge in [-0.3, -0.25) is 9.59 Å². The van der Waals surface area contributed by atoms with Crippen molar-refractivity contribution in [2.75, 3.05) is 11.6 Å². The summed E-state index contributed by atoms with van der Waals surface area (Å²) in [6.45, 7) is 15.6. The van der Waals surface area contributed by atoms with Crippen LogP contribution in [-0.4, -0.2) is 35.9 Å². The number of carbonyl (C=O) groups is 2. The van der Waals surface area contributed by atoms with E-state index in [2.05, 4.69) is 92.0 Å². The molecule has 0 aromatic heterocycles. The Morgan fingerprint density at radius 2 is 1.20 bits per heavy atom.